The van der Waals surface area contributed by atoms with Gasteiger partial charge >= 0.3 is 5.97 Å². The molecule has 0 spiro atoms. The Morgan fingerprint density at radius 3 is 2.86 bits per heavy atom. The van der Waals surface area contributed by atoms with E-state index in [1.807, 2.05) is 0 Å². The summed E-state index contributed by atoms with van der Waals surface area (Å²) in [5, 5.41) is 8.65. The van der Waals surface area contributed by atoms with E-state index in [0.29, 0.717) is 4.90 Å². The van der Waals surface area contributed by atoms with Crippen LogP contribution in [0.1, 0.15) is 20.8 Å². The summed E-state index contributed by atoms with van der Waals surface area (Å²) in [5.74, 6) is -1.51. The number of carbonyl (C=O) groups is 2. The van der Waals surface area contributed by atoms with Crippen molar-refractivity contribution in [1.82, 2.24) is 10.2 Å². The van der Waals surface area contributed by atoms with E-state index >= 15 is 0 Å². The molecule has 1 amide bonds. The third kappa shape index (κ3) is 3.22. The summed E-state index contributed by atoms with van der Waals surface area (Å²) in [6, 6.07) is 4.02. The van der Waals surface area contributed by atoms with Gasteiger partial charge < -0.3 is 10.1 Å². The molecule has 1 heterocycles. The number of esters is 1. The van der Waals surface area contributed by atoms with E-state index in [9.17, 15) is 14.0 Å². The number of nitrogens with one attached hydrogen (secondary N) is 2. The quantitative estimate of drug-likeness (QED) is 0.669. The zero-order chi connectivity index (χ0) is 15.4. The summed E-state index contributed by atoms with van der Waals surface area (Å²) in [4.78, 5) is 23.9. The predicted molar refractivity (Wildman–Crippen MR) is 76.1 cm³/mol. The molecular weight excluding hydrogens is 297 g/mol. The molecule has 6 nitrogen and oxygen atoms in total. The molecule has 1 aromatic carbocycles. The number of hydrogen-bond acceptors (Lipinski definition) is 5. The second kappa shape index (κ2) is 6.40. The van der Waals surface area contributed by atoms with E-state index in [0.717, 1.165) is 0 Å². The van der Waals surface area contributed by atoms with Gasteiger partial charge in [-0.15, -0.1) is 11.8 Å². The van der Waals surface area contributed by atoms with Crippen molar-refractivity contribution in [2.45, 2.75) is 4.90 Å². The molecule has 110 valence electrons. The van der Waals surface area contributed by atoms with Crippen molar-refractivity contribution >= 4 is 29.3 Å². The normalized spacial score (nSPS) is 10.2. The van der Waals surface area contributed by atoms with Gasteiger partial charge in [-0.3, -0.25) is 9.89 Å². The van der Waals surface area contributed by atoms with Gasteiger partial charge in [0.1, 0.15) is 5.82 Å². The molecule has 0 fully saturated rings. The molecule has 0 atom stereocenters. The number of carbonyl (C=O) groups excluding carboxylic acids is 2. The van der Waals surface area contributed by atoms with Gasteiger partial charge in [0.2, 0.25) is 0 Å². The number of anilines is 1. The SMILES string of the molecule is COC(=O)c1[nH]ncc1NC(=O)c1ccc(F)c(SC)c1. The molecule has 21 heavy (non-hydrogen) atoms. The number of aromatic nitrogens is 2. The second-order valence-electron chi connectivity index (χ2n) is 3.95. The molecule has 1 aromatic heterocycles. The fourth-order valence-corrected chi connectivity index (χ4v) is 2.14. The number of aromatic amines is 1. The van der Waals surface area contributed by atoms with Gasteiger partial charge in [-0.1, -0.05) is 0 Å². The number of amides is 1. The zero-order valence-electron chi connectivity index (χ0n) is 11.3. The first-order chi connectivity index (χ1) is 10.1. The topological polar surface area (TPSA) is 84.1 Å². The van der Waals surface area contributed by atoms with Gasteiger partial charge in [0.15, 0.2) is 5.69 Å². The highest BCUT2D eigenvalue weighted by molar-refractivity contribution is 7.98. The smallest absolute Gasteiger partial charge is 0.358 e. The molecule has 0 aliphatic carbocycles. The Morgan fingerprint density at radius 2 is 2.19 bits per heavy atom. The summed E-state index contributed by atoms with van der Waals surface area (Å²) in [7, 11) is 1.22. The molecule has 0 aliphatic heterocycles. The maximum Gasteiger partial charge on any atom is 0.358 e. The lowest BCUT2D eigenvalue weighted by Gasteiger charge is -2.06. The molecule has 2 aromatic rings. The summed E-state index contributed by atoms with van der Waals surface area (Å²) < 4.78 is 18.0. The maximum absolute atomic E-state index is 13.4. The summed E-state index contributed by atoms with van der Waals surface area (Å²) >= 11 is 1.20. The molecular formula is C13H12FN3O3S. The van der Waals surface area contributed by atoms with Crippen LogP contribution in [0.4, 0.5) is 10.1 Å². The fourth-order valence-electron chi connectivity index (χ4n) is 1.63. The first kappa shape index (κ1) is 15.0. The Balaban J connectivity index is 2.22. The van der Waals surface area contributed by atoms with Gasteiger partial charge in [0.25, 0.3) is 5.91 Å². The number of halogens is 1. The van der Waals surface area contributed by atoms with Crippen LogP contribution in [0.3, 0.4) is 0 Å². The molecule has 2 rings (SSSR count). The zero-order valence-corrected chi connectivity index (χ0v) is 12.1. The van der Waals surface area contributed by atoms with E-state index in [1.165, 1.54) is 43.3 Å². The minimum absolute atomic E-state index is 0.0399. The van der Waals surface area contributed by atoms with Gasteiger partial charge in [0, 0.05) is 10.5 Å². The minimum atomic E-state index is -0.647. The lowest BCUT2D eigenvalue weighted by molar-refractivity contribution is 0.0595. The van der Waals surface area contributed by atoms with Crippen molar-refractivity contribution in [3.63, 3.8) is 0 Å². The van der Waals surface area contributed by atoms with Crippen molar-refractivity contribution in [1.29, 1.82) is 0 Å². The number of ether oxygens (including phenoxy) is 1. The summed E-state index contributed by atoms with van der Waals surface area (Å²) in [6.45, 7) is 0. The number of H-pyrrole nitrogens is 1. The lowest BCUT2D eigenvalue weighted by atomic mass is 10.2. The molecule has 0 aliphatic rings. The Bertz CT molecular complexity index is 687. The second-order valence-corrected chi connectivity index (χ2v) is 4.80. The van der Waals surface area contributed by atoms with Gasteiger partial charge in [-0.05, 0) is 24.5 Å². The van der Waals surface area contributed by atoms with Crippen LogP contribution in [0.15, 0.2) is 29.3 Å². The molecule has 0 saturated heterocycles. The highest BCUT2D eigenvalue weighted by atomic mass is 32.2. The fraction of sp³-hybridized carbons (Fsp3) is 0.154. The van der Waals surface area contributed by atoms with Crippen molar-refractivity contribution < 1.29 is 18.7 Å². The van der Waals surface area contributed by atoms with Crippen molar-refractivity contribution in [2.24, 2.45) is 0 Å². The average Bonchev–Trinajstić information content (AvgIpc) is 2.94. The standard InChI is InChI=1S/C13H12FN3O3S/c1-20-13(19)11-9(6-15-17-11)16-12(18)7-3-4-8(14)10(5-7)21-2/h3-6H,1-2H3,(H,15,17)(H,16,18). The molecule has 0 radical (unpaired) electrons. The van der Waals surface area contributed by atoms with Crippen LogP contribution in [0.5, 0.6) is 0 Å². The van der Waals surface area contributed by atoms with Crippen LogP contribution in [-0.2, 0) is 4.74 Å². The van der Waals surface area contributed by atoms with Crippen molar-refractivity contribution in [2.75, 3.05) is 18.7 Å². The molecule has 0 saturated carbocycles. The Hall–Kier alpha value is -2.35. The van der Waals surface area contributed by atoms with Crippen LogP contribution in [-0.4, -0.2) is 35.4 Å². The minimum Gasteiger partial charge on any atom is -0.464 e. The molecule has 8 heteroatoms. The Kier molecular flexibility index (Phi) is 4.59. The predicted octanol–water partition coefficient (Wildman–Crippen LogP) is 2.31. The van der Waals surface area contributed by atoms with Gasteiger partial charge in [-0.2, -0.15) is 5.10 Å². The Morgan fingerprint density at radius 1 is 1.43 bits per heavy atom. The largest absolute Gasteiger partial charge is 0.464 e. The lowest BCUT2D eigenvalue weighted by Crippen LogP contribution is -2.15. The first-order valence-corrected chi connectivity index (χ1v) is 7.06. The van der Waals surface area contributed by atoms with Crippen LogP contribution in [0, 0.1) is 5.82 Å². The van der Waals surface area contributed by atoms with Crippen LogP contribution < -0.4 is 5.32 Å². The van der Waals surface area contributed by atoms with E-state index in [4.69, 9.17) is 0 Å². The van der Waals surface area contributed by atoms with Crippen molar-refractivity contribution in [3.05, 3.63) is 41.5 Å². The van der Waals surface area contributed by atoms with Crippen molar-refractivity contribution in [3.8, 4) is 0 Å². The average molecular weight is 309 g/mol. The number of nitrogens with zero attached hydrogens (tertiary/aromatic N) is 1. The molecule has 0 bridgehead atoms. The van der Waals surface area contributed by atoms with E-state index in [-0.39, 0.29) is 16.9 Å². The van der Waals surface area contributed by atoms with Crippen LogP contribution in [0.2, 0.25) is 0 Å². The number of hydrogen-bond donors (Lipinski definition) is 2. The summed E-state index contributed by atoms with van der Waals surface area (Å²) in [6.07, 6.45) is 3.01. The monoisotopic (exact) mass is 309 g/mol. The van der Waals surface area contributed by atoms with E-state index in [2.05, 4.69) is 20.3 Å². The number of thioether (sulfide) groups is 1. The Labute approximate surface area is 124 Å². The first-order valence-electron chi connectivity index (χ1n) is 5.83. The van der Waals surface area contributed by atoms with E-state index in [1.54, 1.807) is 6.26 Å². The van der Waals surface area contributed by atoms with Crippen LogP contribution >= 0.6 is 11.8 Å². The molecule has 2 N–H and O–H groups in total. The highest BCUT2D eigenvalue weighted by Gasteiger charge is 2.17. The van der Waals surface area contributed by atoms with E-state index < -0.39 is 17.7 Å². The van der Waals surface area contributed by atoms with Gasteiger partial charge in [0.05, 0.1) is 19.0 Å². The maximum atomic E-state index is 13.4. The number of benzene rings is 1. The number of rotatable bonds is 4. The van der Waals surface area contributed by atoms with Crippen LogP contribution in [0.25, 0.3) is 0 Å². The van der Waals surface area contributed by atoms with Gasteiger partial charge in [-0.25, -0.2) is 9.18 Å². The third-order valence-corrected chi connectivity index (χ3v) is 3.44. The highest BCUT2D eigenvalue weighted by Crippen LogP contribution is 2.21. The number of methoxy groups -OCH3 is 1. The summed E-state index contributed by atoms with van der Waals surface area (Å²) in [5.41, 5.74) is 0.512. The molecule has 0 unspecified atom stereocenters. The third-order valence-electron chi connectivity index (χ3n) is 2.69.